The van der Waals surface area contributed by atoms with Crippen molar-refractivity contribution in [3.63, 3.8) is 0 Å². The molecule has 0 aliphatic carbocycles. The van der Waals surface area contributed by atoms with Crippen LogP contribution in [0.5, 0.6) is 0 Å². The van der Waals surface area contributed by atoms with Gasteiger partial charge in [0.1, 0.15) is 0 Å². The van der Waals surface area contributed by atoms with E-state index in [0.29, 0.717) is 0 Å². The molecule has 17 heavy (non-hydrogen) atoms. The molecular weight excluding hydrogens is 234 g/mol. The highest BCUT2D eigenvalue weighted by Crippen LogP contribution is 2.10. The van der Waals surface area contributed by atoms with Crippen molar-refractivity contribution in [3.8, 4) is 0 Å². The van der Waals surface area contributed by atoms with E-state index >= 15 is 0 Å². The lowest BCUT2D eigenvalue weighted by molar-refractivity contribution is 0.555. The third-order valence-electron chi connectivity index (χ3n) is 2.83. The van der Waals surface area contributed by atoms with Gasteiger partial charge in [-0.3, -0.25) is 0 Å². The summed E-state index contributed by atoms with van der Waals surface area (Å²) in [6.07, 6.45) is 0.823. The Bertz CT molecular complexity index is 450. The van der Waals surface area contributed by atoms with Gasteiger partial charge in [0.25, 0.3) is 0 Å². The van der Waals surface area contributed by atoms with Gasteiger partial charge >= 0.3 is 0 Å². The van der Waals surface area contributed by atoms with Crippen LogP contribution in [0.1, 0.15) is 24.5 Å². The summed E-state index contributed by atoms with van der Waals surface area (Å²) in [5.74, 6) is 0.334. The maximum Gasteiger partial charge on any atom is 0.155 e. The molecule has 1 unspecified atom stereocenters. The van der Waals surface area contributed by atoms with Crippen LogP contribution < -0.4 is 5.32 Å². The van der Waals surface area contributed by atoms with Crippen molar-refractivity contribution < 1.29 is 8.42 Å². The van der Waals surface area contributed by atoms with E-state index in [2.05, 4.69) is 5.32 Å². The van der Waals surface area contributed by atoms with Gasteiger partial charge in [0.05, 0.1) is 11.5 Å². The molecule has 0 aliphatic heterocycles. The molecule has 4 heteroatoms. The van der Waals surface area contributed by atoms with Gasteiger partial charge in [-0.15, -0.1) is 0 Å². The molecule has 0 heterocycles. The van der Waals surface area contributed by atoms with Crippen molar-refractivity contribution >= 4 is 9.84 Å². The Morgan fingerprint density at radius 2 is 2.06 bits per heavy atom. The average molecular weight is 255 g/mol. The summed E-state index contributed by atoms with van der Waals surface area (Å²) in [6, 6.07) is 7.71. The second-order valence-corrected chi connectivity index (χ2v) is 6.55. The lowest BCUT2D eigenvalue weighted by atomic mass is 10.2. The molecule has 0 aliphatic rings. The summed E-state index contributed by atoms with van der Waals surface area (Å²) in [7, 11) is -1.24. The fourth-order valence-corrected chi connectivity index (χ4v) is 3.65. The zero-order valence-electron chi connectivity index (χ0n) is 10.7. The van der Waals surface area contributed by atoms with Gasteiger partial charge < -0.3 is 5.32 Å². The van der Waals surface area contributed by atoms with Gasteiger partial charge in [-0.1, -0.05) is 36.8 Å². The molecule has 1 aromatic carbocycles. The smallest absolute Gasteiger partial charge is 0.155 e. The van der Waals surface area contributed by atoms with E-state index in [9.17, 15) is 8.42 Å². The van der Waals surface area contributed by atoms with Gasteiger partial charge in [-0.05, 0) is 26.0 Å². The zero-order valence-corrected chi connectivity index (χ0v) is 11.5. The highest BCUT2D eigenvalue weighted by Gasteiger charge is 2.17. The molecule has 0 bridgehead atoms. The van der Waals surface area contributed by atoms with E-state index in [1.165, 1.54) is 0 Å². The second-order valence-electron chi connectivity index (χ2n) is 4.44. The Hall–Kier alpha value is -0.870. The van der Waals surface area contributed by atoms with Crippen LogP contribution in [0.2, 0.25) is 0 Å². The Morgan fingerprint density at radius 3 is 2.59 bits per heavy atom. The van der Waals surface area contributed by atoms with E-state index in [1.54, 1.807) is 7.05 Å². The molecule has 96 valence electrons. The van der Waals surface area contributed by atoms with Crippen molar-refractivity contribution in [2.24, 2.45) is 0 Å². The molecule has 1 atom stereocenters. The number of nitrogens with one attached hydrogen (secondary N) is 1. The summed E-state index contributed by atoms with van der Waals surface area (Å²) in [5, 5.41) is 3.03. The summed E-state index contributed by atoms with van der Waals surface area (Å²) in [5.41, 5.74) is 1.97. The van der Waals surface area contributed by atoms with Crippen molar-refractivity contribution in [2.45, 2.75) is 32.1 Å². The third kappa shape index (κ3) is 4.88. The van der Waals surface area contributed by atoms with E-state index in [1.807, 2.05) is 38.1 Å². The van der Waals surface area contributed by atoms with E-state index in [0.717, 1.165) is 17.5 Å². The largest absolute Gasteiger partial charge is 0.316 e. The lowest BCUT2D eigenvalue weighted by Crippen LogP contribution is -2.32. The van der Waals surface area contributed by atoms with Gasteiger partial charge in [0.15, 0.2) is 9.84 Å². The standard InChI is InChI=1S/C13H21NO2S/c1-4-13(14-3)10-17(15,16)9-12-7-5-6-11(2)8-12/h5-8,13-14H,4,9-10H2,1-3H3. The summed E-state index contributed by atoms with van der Waals surface area (Å²) in [4.78, 5) is 0. The van der Waals surface area contributed by atoms with Crippen molar-refractivity contribution in [2.75, 3.05) is 12.8 Å². The molecule has 1 N–H and O–H groups in total. The molecule has 0 amide bonds. The number of aryl methyl sites for hydroxylation is 1. The lowest BCUT2D eigenvalue weighted by Gasteiger charge is -2.14. The maximum atomic E-state index is 12.0. The SMILES string of the molecule is CCC(CS(=O)(=O)Cc1cccc(C)c1)NC. The molecule has 1 rings (SSSR count). The fourth-order valence-electron chi connectivity index (χ4n) is 1.83. The third-order valence-corrected chi connectivity index (χ3v) is 4.51. The molecule has 0 radical (unpaired) electrons. The van der Waals surface area contributed by atoms with Crippen molar-refractivity contribution in [1.29, 1.82) is 0 Å². The van der Waals surface area contributed by atoms with Gasteiger partial charge in [0.2, 0.25) is 0 Å². The first-order valence-electron chi connectivity index (χ1n) is 5.90. The van der Waals surface area contributed by atoms with Crippen LogP contribution in [0.25, 0.3) is 0 Å². The highest BCUT2D eigenvalue weighted by molar-refractivity contribution is 7.90. The Labute approximate surface area is 104 Å². The topological polar surface area (TPSA) is 46.2 Å². The molecule has 0 saturated carbocycles. The van der Waals surface area contributed by atoms with Crippen LogP contribution >= 0.6 is 0 Å². The van der Waals surface area contributed by atoms with Crippen LogP contribution in [0.3, 0.4) is 0 Å². The number of hydrogen-bond acceptors (Lipinski definition) is 3. The highest BCUT2D eigenvalue weighted by atomic mass is 32.2. The first-order valence-corrected chi connectivity index (χ1v) is 7.72. The van der Waals surface area contributed by atoms with Gasteiger partial charge in [0, 0.05) is 6.04 Å². The summed E-state index contributed by atoms with van der Waals surface area (Å²) in [6.45, 7) is 3.96. The molecular formula is C13H21NO2S. The van der Waals surface area contributed by atoms with Crippen LogP contribution in [0, 0.1) is 6.92 Å². The van der Waals surface area contributed by atoms with Crippen molar-refractivity contribution in [1.82, 2.24) is 5.32 Å². The Kier molecular flexibility index (Phi) is 5.15. The van der Waals surface area contributed by atoms with Crippen LogP contribution in [-0.4, -0.2) is 27.3 Å². The first-order chi connectivity index (χ1) is 7.96. The van der Waals surface area contributed by atoms with E-state index in [4.69, 9.17) is 0 Å². The normalized spacial score (nSPS) is 13.6. The van der Waals surface area contributed by atoms with Crippen LogP contribution in [-0.2, 0) is 15.6 Å². The quantitative estimate of drug-likeness (QED) is 0.844. The molecule has 1 aromatic rings. The molecule has 0 fully saturated rings. The van der Waals surface area contributed by atoms with Crippen LogP contribution in [0.15, 0.2) is 24.3 Å². The van der Waals surface area contributed by atoms with E-state index < -0.39 is 9.84 Å². The summed E-state index contributed by atoms with van der Waals surface area (Å²) >= 11 is 0. The molecule has 0 aromatic heterocycles. The molecule has 3 nitrogen and oxygen atoms in total. The minimum Gasteiger partial charge on any atom is -0.316 e. The predicted octanol–water partition coefficient (Wildman–Crippen LogP) is 1.91. The average Bonchev–Trinajstić information content (AvgIpc) is 2.25. The number of rotatable bonds is 6. The van der Waals surface area contributed by atoms with E-state index in [-0.39, 0.29) is 17.5 Å². The monoisotopic (exact) mass is 255 g/mol. The van der Waals surface area contributed by atoms with Gasteiger partial charge in [-0.2, -0.15) is 0 Å². The molecule has 0 saturated heterocycles. The second kappa shape index (κ2) is 6.17. The van der Waals surface area contributed by atoms with Crippen molar-refractivity contribution in [3.05, 3.63) is 35.4 Å². The minimum absolute atomic E-state index is 0.0461. The Morgan fingerprint density at radius 1 is 1.35 bits per heavy atom. The number of sulfone groups is 1. The predicted molar refractivity (Wildman–Crippen MR) is 71.8 cm³/mol. The fraction of sp³-hybridized carbons (Fsp3) is 0.538. The number of hydrogen-bond donors (Lipinski definition) is 1. The summed E-state index contributed by atoms with van der Waals surface area (Å²) < 4.78 is 24.0. The molecule has 0 spiro atoms. The minimum atomic E-state index is -3.04. The Balaban J connectivity index is 2.73. The zero-order chi connectivity index (χ0) is 12.9. The maximum absolute atomic E-state index is 12.0. The number of benzene rings is 1. The van der Waals surface area contributed by atoms with Gasteiger partial charge in [-0.25, -0.2) is 8.42 Å². The first kappa shape index (κ1) is 14.2. The van der Waals surface area contributed by atoms with Crippen LogP contribution in [0.4, 0.5) is 0 Å².